The summed E-state index contributed by atoms with van der Waals surface area (Å²) in [6.07, 6.45) is -4.80. The number of rotatable bonds is 8. The molecule has 0 spiro atoms. The summed E-state index contributed by atoms with van der Waals surface area (Å²) in [4.78, 5) is 12.2. The van der Waals surface area contributed by atoms with Crippen LogP contribution in [0.4, 0.5) is 0 Å². The van der Waals surface area contributed by atoms with Crippen LogP contribution in [0.25, 0.3) is 6.08 Å². The first-order valence-corrected chi connectivity index (χ1v) is 12.1. The molecule has 3 aliphatic heterocycles. The van der Waals surface area contributed by atoms with Gasteiger partial charge in [-0.05, 0) is 29.8 Å². The number of phenols is 1. The van der Waals surface area contributed by atoms with Gasteiger partial charge in [0.15, 0.2) is 17.8 Å². The minimum Gasteiger partial charge on any atom is -0.504 e. The smallest absolute Gasteiger partial charge is 0.330 e. The summed E-state index contributed by atoms with van der Waals surface area (Å²) in [6, 6.07) is 4.47. The second-order valence-electron chi connectivity index (χ2n) is 9.62. The van der Waals surface area contributed by atoms with Gasteiger partial charge in [0.1, 0.15) is 42.7 Å². The summed E-state index contributed by atoms with van der Waals surface area (Å²) in [5.41, 5.74) is -0.517. The number of epoxide rings is 1. The van der Waals surface area contributed by atoms with Crippen LogP contribution in [-0.2, 0) is 28.5 Å². The van der Waals surface area contributed by atoms with Gasteiger partial charge in [0, 0.05) is 12.0 Å². The lowest BCUT2D eigenvalue weighted by Gasteiger charge is -2.43. The second kappa shape index (κ2) is 10.4. The number of aliphatic hydroxyl groups excluding tert-OH is 5. The number of carbonyl (C=O) groups is 1. The number of benzene rings is 1. The summed E-state index contributed by atoms with van der Waals surface area (Å²) in [5, 5.41) is 61.3. The molecule has 0 amide bonds. The second-order valence-corrected chi connectivity index (χ2v) is 9.62. The van der Waals surface area contributed by atoms with Gasteiger partial charge in [0.05, 0.1) is 32.0 Å². The van der Waals surface area contributed by atoms with E-state index in [-0.39, 0.29) is 18.1 Å². The molecule has 11 atom stereocenters. The van der Waals surface area contributed by atoms with E-state index in [4.69, 9.17) is 28.4 Å². The zero-order valence-corrected chi connectivity index (χ0v) is 20.3. The van der Waals surface area contributed by atoms with E-state index in [0.717, 1.165) is 6.08 Å². The molecule has 6 N–H and O–H groups in total. The van der Waals surface area contributed by atoms with Crippen molar-refractivity contribution in [3.63, 3.8) is 0 Å². The SMILES string of the molecule is COc1cc(/C=C/C(=O)OC[C@@H]2O[C@H](O[C@@H]3OC=C[C@H]4[C@H](O)[C@@H]5O[C@]5(CO)[C@@H]34)[C@@H](O)[C@@H](O)[C@H]2O)ccc1O. The molecule has 1 aromatic rings. The van der Waals surface area contributed by atoms with Crippen LogP contribution in [0.2, 0.25) is 0 Å². The van der Waals surface area contributed by atoms with Crippen LogP contribution in [0.1, 0.15) is 5.56 Å². The number of phenolic OH excluding ortho intramolecular Hbond substituents is 1. The Labute approximate surface area is 217 Å². The lowest BCUT2D eigenvalue weighted by Crippen LogP contribution is -2.60. The Hall–Kier alpha value is -2.75. The summed E-state index contributed by atoms with van der Waals surface area (Å²) >= 11 is 0. The molecule has 0 bridgehead atoms. The number of aromatic hydroxyl groups is 1. The minimum atomic E-state index is -1.70. The standard InChI is InChI=1S/C25H30O13/c1-33-14-8-11(2-4-13(14)27)3-5-16(28)35-9-15-19(30)20(31)21(32)24(36-15)37-23-17-12(6-7-34-23)18(29)22-25(17,10-26)38-22/h2-8,12,15,17-24,26-27,29-32H,9-10H2,1H3/b5-3+/t12-,15+,17-,18+,19+,20+,21+,22+,23+,24-,25-/m1/s1. The van der Waals surface area contributed by atoms with Gasteiger partial charge in [-0.15, -0.1) is 0 Å². The van der Waals surface area contributed by atoms with E-state index >= 15 is 0 Å². The van der Waals surface area contributed by atoms with E-state index in [2.05, 4.69) is 0 Å². The molecular weight excluding hydrogens is 508 g/mol. The van der Waals surface area contributed by atoms with Crippen molar-refractivity contribution in [3.8, 4) is 11.5 Å². The average molecular weight is 539 g/mol. The van der Waals surface area contributed by atoms with Crippen LogP contribution in [0.3, 0.4) is 0 Å². The molecule has 0 aromatic heterocycles. The topological polar surface area (TPSA) is 197 Å². The zero-order chi connectivity index (χ0) is 27.2. The van der Waals surface area contributed by atoms with E-state index in [9.17, 15) is 35.4 Å². The normalized spacial score (nSPS) is 41.3. The Morgan fingerprint density at radius 2 is 1.89 bits per heavy atom. The number of ether oxygens (including phenoxy) is 6. The van der Waals surface area contributed by atoms with Crippen molar-refractivity contribution in [3.05, 3.63) is 42.2 Å². The lowest BCUT2D eigenvalue weighted by atomic mass is 9.85. The molecular formula is C25H30O13. The summed E-state index contributed by atoms with van der Waals surface area (Å²) in [5.74, 6) is -1.68. The van der Waals surface area contributed by atoms with Gasteiger partial charge in [-0.2, -0.15) is 0 Å². The molecule has 13 nitrogen and oxygen atoms in total. The highest BCUT2D eigenvalue weighted by Gasteiger charge is 2.75. The van der Waals surface area contributed by atoms with Crippen LogP contribution < -0.4 is 4.74 Å². The third-order valence-electron chi connectivity index (χ3n) is 7.45. The largest absolute Gasteiger partial charge is 0.504 e. The lowest BCUT2D eigenvalue weighted by molar-refractivity contribution is -0.344. The van der Waals surface area contributed by atoms with Gasteiger partial charge in [-0.1, -0.05) is 6.07 Å². The van der Waals surface area contributed by atoms with E-state index in [1.807, 2.05) is 0 Å². The molecule has 38 heavy (non-hydrogen) atoms. The Morgan fingerprint density at radius 3 is 2.63 bits per heavy atom. The molecule has 4 aliphatic rings. The van der Waals surface area contributed by atoms with Crippen molar-refractivity contribution in [2.75, 3.05) is 20.3 Å². The molecule has 3 heterocycles. The monoisotopic (exact) mass is 538 g/mol. The minimum absolute atomic E-state index is 0.0570. The maximum absolute atomic E-state index is 12.2. The first-order chi connectivity index (χ1) is 18.2. The predicted molar refractivity (Wildman–Crippen MR) is 124 cm³/mol. The molecule has 1 saturated carbocycles. The van der Waals surface area contributed by atoms with Crippen molar-refractivity contribution < 1.29 is 63.9 Å². The van der Waals surface area contributed by atoms with Gasteiger partial charge >= 0.3 is 5.97 Å². The van der Waals surface area contributed by atoms with E-state index < -0.39 is 79.2 Å². The number of hydrogen-bond donors (Lipinski definition) is 6. The predicted octanol–water partition coefficient (Wildman–Crippen LogP) is -1.61. The number of aliphatic hydroxyl groups is 5. The van der Waals surface area contributed by atoms with Crippen LogP contribution in [-0.4, -0.2) is 112 Å². The van der Waals surface area contributed by atoms with Gasteiger partial charge in [-0.3, -0.25) is 0 Å². The Balaban J connectivity index is 1.21. The Kier molecular flexibility index (Phi) is 7.37. The van der Waals surface area contributed by atoms with Gasteiger partial charge in [0.2, 0.25) is 6.29 Å². The summed E-state index contributed by atoms with van der Waals surface area (Å²) in [7, 11) is 1.39. The fraction of sp³-hybridized carbons (Fsp3) is 0.560. The van der Waals surface area contributed by atoms with Crippen LogP contribution >= 0.6 is 0 Å². The molecule has 0 radical (unpaired) electrons. The molecule has 3 fully saturated rings. The van der Waals surface area contributed by atoms with Crippen molar-refractivity contribution in [1.82, 2.24) is 0 Å². The van der Waals surface area contributed by atoms with Crippen molar-refractivity contribution >= 4 is 12.0 Å². The third kappa shape index (κ3) is 4.65. The highest BCUT2D eigenvalue weighted by molar-refractivity contribution is 5.87. The maximum Gasteiger partial charge on any atom is 0.330 e. The van der Waals surface area contributed by atoms with Crippen molar-refractivity contribution in [2.24, 2.45) is 11.8 Å². The Bertz CT molecular complexity index is 1090. The number of carbonyl (C=O) groups excluding carboxylic acids is 1. The molecule has 1 aliphatic carbocycles. The number of methoxy groups -OCH3 is 1. The van der Waals surface area contributed by atoms with Crippen molar-refractivity contribution in [1.29, 1.82) is 0 Å². The molecule has 1 aromatic carbocycles. The number of fused-ring (bicyclic) bond motifs is 3. The highest BCUT2D eigenvalue weighted by atomic mass is 16.8. The van der Waals surface area contributed by atoms with E-state index in [0.29, 0.717) is 5.56 Å². The average Bonchev–Trinajstić information content (AvgIpc) is 3.61. The molecule has 13 heteroatoms. The van der Waals surface area contributed by atoms with Crippen LogP contribution in [0.5, 0.6) is 11.5 Å². The fourth-order valence-corrected chi connectivity index (χ4v) is 5.34. The van der Waals surface area contributed by atoms with Crippen LogP contribution in [0.15, 0.2) is 36.6 Å². The maximum atomic E-state index is 12.2. The molecule has 5 rings (SSSR count). The van der Waals surface area contributed by atoms with Crippen LogP contribution in [0, 0.1) is 11.8 Å². The third-order valence-corrected chi connectivity index (χ3v) is 7.45. The zero-order valence-electron chi connectivity index (χ0n) is 20.3. The van der Waals surface area contributed by atoms with Crippen molar-refractivity contribution in [2.45, 2.75) is 54.8 Å². The van der Waals surface area contributed by atoms with E-state index in [1.165, 1.54) is 31.6 Å². The van der Waals surface area contributed by atoms with E-state index in [1.54, 1.807) is 12.1 Å². The first kappa shape index (κ1) is 26.8. The summed E-state index contributed by atoms with van der Waals surface area (Å²) in [6.45, 7) is -0.861. The summed E-state index contributed by atoms with van der Waals surface area (Å²) < 4.78 is 32.7. The van der Waals surface area contributed by atoms with Gasteiger partial charge in [0.25, 0.3) is 0 Å². The molecule has 2 saturated heterocycles. The fourth-order valence-electron chi connectivity index (χ4n) is 5.34. The molecule has 0 unspecified atom stereocenters. The molecule has 208 valence electrons. The Morgan fingerprint density at radius 1 is 1.11 bits per heavy atom. The van der Waals surface area contributed by atoms with Gasteiger partial charge < -0.3 is 59.1 Å². The number of hydrogen-bond acceptors (Lipinski definition) is 13. The van der Waals surface area contributed by atoms with Gasteiger partial charge in [-0.25, -0.2) is 4.79 Å². The first-order valence-electron chi connectivity index (χ1n) is 12.1. The number of esters is 1. The highest BCUT2D eigenvalue weighted by Crippen LogP contribution is 2.59. The quantitative estimate of drug-likeness (QED) is 0.126.